The van der Waals surface area contributed by atoms with Gasteiger partial charge in [-0.3, -0.25) is 4.79 Å². The van der Waals surface area contributed by atoms with Crippen molar-refractivity contribution in [3.8, 4) is 0 Å². The van der Waals surface area contributed by atoms with Crippen LogP contribution >= 0.6 is 0 Å². The van der Waals surface area contributed by atoms with Gasteiger partial charge >= 0.3 is 0 Å². The van der Waals surface area contributed by atoms with Crippen molar-refractivity contribution >= 4 is 11.6 Å². The van der Waals surface area contributed by atoms with E-state index >= 15 is 0 Å². The molecular weight excluding hydrogens is 200 g/mol. The van der Waals surface area contributed by atoms with Crippen LogP contribution in [0.5, 0.6) is 0 Å². The highest BCUT2D eigenvalue weighted by Gasteiger charge is 2.29. The molecule has 0 bridgehead atoms. The van der Waals surface area contributed by atoms with Gasteiger partial charge < -0.3 is 11.1 Å². The summed E-state index contributed by atoms with van der Waals surface area (Å²) in [5.41, 5.74) is 8.01. The van der Waals surface area contributed by atoms with Crippen molar-refractivity contribution in [1.82, 2.24) is 5.32 Å². The fourth-order valence-corrected chi connectivity index (χ4v) is 1.90. The third-order valence-electron chi connectivity index (χ3n) is 3.31. The van der Waals surface area contributed by atoms with Crippen LogP contribution in [0, 0.1) is 12.8 Å². The highest BCUT2D eigenvalue weighted by atomic mass is 16.1. The predicted molar refractivity (Wildman–Crippen MR) is 65.2 cm³/mol. The summed E-state index contributed by atoms with van der Waals surface area (Å²) in [6.07, 6.45) is 2.47. The number of amides is 1. The van der Waals surface area contributed by atoms with E-state index in [0.717, 1.165) is 5.56 Å². The van der Waals surface area contributed by atoms with Gasteiger partial charge in [0, 0.05) is 17.3 Å². The molecule has 0 saturated heterocycles. The number of benzene rings is 1. The molecule has 1 fully saturated rings. The summed E-state index contributed by atoms with van der Waals surface area (Å²) in [5.74, 6) is 0.662. The zero-order chi connectivity index (χ0) is 11.7. The monoisotopic (exact) mass is 218 g/mol. The van der Waals surface area contributed by atoms with Crippen molar-refractivity contribution < 1.29 is 4.79 Å². The van der Waals surface area contributed by atoms with E-state index in [2.05, 4.69) is 12.2 Å². The summed E-state index contributed by atoms with van der Waals surface area (Å²) < 4.78 is 0. The van der Waals surface area contributed by atoms with Crippen LogP contribution in [0.2, 0.25) is 0 Å². The van der Waals surface area contributed by atoms with E-state index in [1.807, 2.05) is 25.1 Å². The van der Waals surface area contributed by atoms with Crippen LogP contribution in [-0.4, -0.2) is 11.9 Å². The standard InChI is InChI=1S/C13H18N2O/c1-8-11(4-3-5-12(8)14)13(16)15-9(2)10-6-7-10/h3-5,9-10H,6-7,14H2,1-2H3,(H,15,16). The van der Waals surface area contributed by atoms with Gasteiger partial charge in [0.05, 0.1) is 0 Å². The molecule has 2 rings (SSSR count). The maximum absolute atomic E-state index is 12.0. The van der Waals surface area contributed by atoms with Gasteiger partial charge in [0.25, 0.3) is 5.91 Å². The van der Waals surface area contributed by atoms with Gasteiger partial charge in [0.15, 0.2) is 0 Å². The van der Waals surface area contributed by atoms with Crippen molar-refractivity contribution in [1.29, 1.82) is 0 Å². The summed E-state index contributed by atoms with van der Waals surface area (Å²) in [7, 11) is 0. The van der Waals surface area contributed by atoms with Crippen molar-refractivity contribution in [2.75, 3.05) is 5.73 Å². The molecule has 0 heterocycles. The molecule has 3 nitrogen and oxygen atoms in total. The number of carbonyl (C=O) groups excluding carboxylic acids is 1. The van der Waals surface area contributed by atoms with E-state index in [1.165, 1.54) is 12.8 Å². The van der Waals surface area contributed by atoms with Gasteiger partial charge in [0.1, 0.15) is 0 Å². The smallest absolute Gasteiger partial charge is 0.251 e. The lowest BCUT2D eigenvalue weighted by Crippen LogP contribution is -2.34. The number of rotatable bonds is 3. The Kier molecular flexibility index (Phi) is 2.86. The topological polar surface area (TPSA) is 55.1 Å². The summed E-state index contributed by atoms with van der Waals surface area (Å²) in [6.45, 7) is 3.95. The second-order valence-corrected chi connectivity index (χ2v) is 4.62. The first-order chi connectivity index (χ1) is 7.59. The molecule has 1 amide bonds. The van der Waals surface area contributed by atoms with Crippen LogP contribution in [0.1, 0.15) is 35.7 Å². The molecule has 1 aliphatic carbocycles. The molecule has 3 N–H and O–H groups in total. The van der Waals surface area contributed by atoms with Crippen LogP contribution in [0.25, 0.3) is 0 Å². The third kappa shape index (κ3) is 2.18. The number of hydrogen-bond donors (Lipinski definition) is 2. The highest BCUT2D eigenvalue weighted by molar-refractivity contribution is 5.97. The Bertz CT molecular complexity index is 410. The lowest BCUT2D eigenvalue weighted by Gasteiger charge is -2.14. The van der Waals surface area contributed by atoms with Gasteiger partial charge in [-0.2, -0.15) is 0 Å². The molecule has 1 aromatic rings. The van der Waals surface area contributed by atoms with E-state index in [0.29, 0.717) is 17.2 Å². The molecule has 0 radical (unpaired) electrons. The third-order valence-corrected chi connectivity index (χ3v) is 3.31. The van der Waals surface area contributed by atoms with Crippen LogP contribution < -0.4 is 11.1 Å². The summed E-state index contributed by atoms with van der Waals surface area (Å²) in [4.78, 5) is 12.0. The number of carbonyl (C=O) groups is 1. The van der Waals surface area contributed by atoms with E-state index in [4.69, 9.17) is 5.73 Å². The normalized spacial score (nSPS) is 16.9. The molecular formula is C13H18N2O. The second-order valence-electron chi connectivity index (χ2n) is 4.62. The van der Waals surface area contributed by atoms with E-state index in [9.17, 15) is 4.79 Å². The van der Waals surface area contributed by atoms with Gasteiger partial charge in [-0.15, -0.1) is 0 Å². The molecule has 3 heteroatoms. The van der Waals surface area contributed by atoms with Gasteiger partial charge in [0.2, 0.25) is 0 Å². The van der Waals surface area contributed by atoms with E-state index < -0.39 is 0 Å². The first-order valence-electron chi connectivity index (χ1n) is 5.75. The van der Waals surface area contributed by atoms with Crippen molar-refractivity contribution in [2.24, 2.45) is 5.92 Å². The molecule has 0 aliphatic heterocycles. The number of anilines is 1. The Morgan fingerprint density at radius 1 is 1.50 bits per heavy atom. The Hall–Kier alpha value is -1.51. The molecule has 16 heavy (non-hydrogen) atoms. The van der Waals surface area contributed by atoms with Gasteiger partial charge in [-0.05, 0) is 50.3 Å². The Morgan fingerprint density at radius 3 is 2.81 bits per heavy atom. The maximum Gasteiger partial charge on any atom is 0.251 e. The van der Waals surface area contributed by atoms with Crippen LogP contribution in [-0.2, 0) is 0 Å². The molecule has 1 aromatic carbocycles. The summed E-state index contributed by atoms with van der Waals surface area (Å²) in [5, 5.41) is 3.03. The fraction of sp³-hybridized carbons (Fsp3) is 0.462. The second kappa shape index (κ2) is 4.16. The number of nitrogens with two attached hydrogens (primary N) is 1. The van der Waals surface area contributed by atoms with Gasteiger partial charge in [-0.1, -0.05) is 6.07 Å². The van der Waals surface area contributed by atoms with E-state index in [-0.39, 0.29) is 11.9 Å². The molecule has 1 aliphatic rings. The average molecular weight is 218 g/mol. The first kappa shape index (κ1) is 11.0. The minimum absolute atomic E-state index is 0.0100. The van der Waals surface area contributed by atoms with Crippen molar-refractivity contribution in [3.63, 3.8) is 0 Å². The average Bonchev–Trinajstić information content (AvgIpc) is 3.05. The molecule has 0 aromatic heterocycles. The number of nitrogens with one attached hydrogen (secondary N) is 1. The molecule has 0 spiro atoms. The molecule has 1 atom stereocenters. The SMILES string of the molecule is Cc1c(N)cccc1C(=O)NC(C)C1CC1. The van der Waals surface area contributed by atoms with Crippen molar-refractivity contribution in [2.45, 2.75) is 32.7 Å². The Labute approximate surface area is 96.0 Å². The molecule has 1 unspecified atom stereocenters. The van der Waals surface area contributed by atoms with Crippen LogP contribution in [0.15, 0.2) is 18.2 Å². The summed E-state index contributed by atoms with van der Waals surface area (Å²) in [6, 6.07) is 5.73. The van der Waals surface area contributed by atoms with Crippen LogP contribution in [0.4, 0.5) is 5.69 Å². The van der Waals surface area contributed by atoms with Gasteiger partial charge in [-0.25, -0.2) is 0 Å². The van der Waals surface area contributed by atoms with Crippen molar-refractivity contribution in [3.05, 3.63) is 29.3 Å². The minimum Gasteiger partial charge on any atom is -0.398 e. The fourth-order valence-electron chi connectivity index (χ4n) is 1.90. The zero-order valence-electron chi connectivity index (χ0n) is 9.79. The minimum atomic E-state index is -0.0100. The lowest BCUT2D eigenvalue weighted by molar-refractivity contribution is 0.0935. The number of hydrogen-bond acceptors (Lipinski definition) is 2. The Morgan fingerprint density at radius 2 is 2.19 bits per heavy atom. The Balaban J connectivity index is 2.10. The highest BCUT2D eigenvalue weighted by Crippen LogP contribution is 2.32. The number of nitrogen functional groups attached to an aromatic ring is 1. The largest absolute Gasteiger partial charge is 0.398 e. The zero-order valence-corrected chi connectivity index (χ0v) is 9.79. The summed E-state index contributed by atoms with van der Waals surface area (Å²) >= 11 is 0. The molecule has 1 saturated carbocycles. The predicted octanol–water partition coefficient (Wildman–Crippen LogP) is 2.11. The first-order valence-corrected chi connectivity index (χ1v) is 5.75. The van der Waals surface area contributed by atoms with E-state index in [1.54, 1.807) is 0 Å². The van der Waals surface area contributed by atoms with Crippen LogP contribution in [0.3, 0.4) is 0 Å². The lowest BCUT2D eigenvalue weighted by atomic mass is 10.1. The molecule has 86 valence electrons. The maximum atomic E-state index is 12.0. The quantitative estimate of drug-likeness (QED) is 0.763.